The topological polar surface area (TPSA) is 50.9 Å². The fourth-order valence-electron chi connectivity index (χ4n) is 10.4. The van der Waals surface area contributed by atoms with E-state index in [0.717, 1.165) is 16.7 Å². The minimum atomic E-state index is 0.0640. The van der Waals surface area contributed by atoms with Crippen LogP contribution >= 0.6 is 0 Å². The number of benzene rings is 2. The lowest BCUT2D eigenvalue weighted by Gasteiger charge is -2.44. The molecule has 0 atom stereocenters. The zero-order chi connectivity index (χ0) is 43.0. The zero-order valence-electron chi connectivity index (χ0n) is 40.5. The SMILES string of the molecule is CCCCCCCCCCC(C)(CCCCCCCCCC)CC(CCCCCCCCCC)(CCCCCCCCCC)c1ccc(O)c(-n2nc3ccccc3n2)c1. The highest BCUT2D eigenvalue weighted by Crippen LogP contribution is 2.50. The monoisotopic (exact) mass is 828 g/mol. The predicted molar refractivity (Wildman–Crippen MR) is 264 cm³/mol. The summed E-state index contributed by atoms with van der Waals surface area (Å²) in [4.78, 5) is 1.71. The second kappa shape index (κ2) is 32.3. The molecular weight excluding hydrogens is 731 g/mol. The van der Waals surface area contributed by atoms with Gasteiger partial charge in [0.25, 0.3) is 0 Å². The molecule has 4 heteroatoms. The van der Waals surface area contributed by atoms with E-state index >= 15 is 0 Å². The molecule has 3 rings (SSSR count). The highest BCUT2D eigenvalue weighted by atomic mass is 16.3. The van der Waals surface area contributed by atoms with Crippen molar-refractivity contribution in [3.8, 4) is 11.4 Å². The Kier molecular flexibility index (Phi) is 28.0. The lowest BCUT2D eigenvalue weighted by Crippen LogP contribution is -2.35. The average molecular weight is 828 g/mol. The van der Waals surface area contributed by atoms with Gasteiger partial charge in [-0.2, -0.15) is 0 Å². The highest BCUT2D eigenvalue weighted by molar-refractivity contribution is 5.73. The van der Waals surface area contributed by atoms with Crippen LogP contribution in [0.5, 0.6) is 5.75 Å². The zero-order valence-corrected chi connectivity index (χ0v) is 40.5. The van der Waals surface area contributed by atoms with Crippen molar-refractivity contribution in [3.63, 3.8) is 0 Å². The molecule has 2 aromatic carbocycles. The van der Waals surface area contributed by atoms with Crippen molar-refractivity contribution >= 4 is 11.0 Å². The summed E-state index contributed by atoms with van der Waals surface area (Å²) in [6, 6.07) is 14.7. The summed E-state index contributed by atoms with van der Waals surface area (Å²) in [5.74, 6) is 0.271. The second-order valence-corrected chi connectivity index (χ2v) is 19.8. The normalized spacial score (nSPS) is 12.3. The van der Waals surface area contributed by atoms with Crippen LogP contribution in [0.15, 0.2) is 42.5 Å². The van der Waals surface area contributed by atoms with Gasteiger partial charge < -0.3 is 5.11 Å². The van der Waals surface area contributed by atoms with E-state index in [1.807, 2.05) is 30.3 Å². The van der Waals surface area contributed by atoms with Crippen molar-refractivity contribution in [1.82, 2.24) is 15.0 Å². The van der Waals surface area contributed by atoms with Gasteiger partial charge in [-0.25, -0.2) is 0 Å². The maximum absolute atomic E-state index is 11.4. The van der Waals surface area contributed by atoms with Crippen molar-refractivity contribution in [1.29, 1.82) is 0 Å². The van der Waals surface area contributed by atoms with Gasteiger partial charge in [-0.1, -0.05) is 258 Å². The molecule has 1 heterocycles. The summed E-state index contributed by atoms with van der Waals surface area (Å²) in [7, 11) is 0. The Labute approximate surface area is 372 Å². The van der Waals surface area contributed by atoms with Crippen LogP contribution in [0.2, 0.25) is 0 Å². The molecule has 4 nitrogen and oxygen atoms in total. The summed E-state index contributed by atoms with van der Waals surface area (Å²) in [6.45, 7) is 12.0. The van der Waals surface area contributed by atoms with E-state index in [1.54, 1.807) is 4.80 Å². The Bertz CT molecular complexity index is 1390. The molecule has 3 aromatic rings. The molecule has 0 amide bonds. The van der Waals surface area contributed by atoms with Crippen LogP contribution in [-0.4, -0.2) is 20.1 Å². The first-order valence-electron chi connectivity index (χ1n) is 26.6. The molecule has 0 unspecified atom stereocenters. The van der Waals surface area contributed by atoms with Crippen molar-refractivity contribution < 1.29 is 5.11 Å². The van der Waals surface area contributed by atoms with Crippen LogP contribution in [0, 0.1) is 5.41 Å². The van der Waals surface area contributed by atoms with Crippen LogP contribution in [-0.2, 0) is 5.41 Å². The Morgan fingerprint density at radius 3 is 1.13 bits per heavy atom. The Hall–Kier alpha value is -2.36. The van der Waals surface area contributed by atoms with E-state index in [1.165, 1.54) is 243 Å². The molecule has 0 radical (unpaired) electrons. The van der Waals surface area contributed by atoms with E-state index in [-0.39, 0.29) is 11.2 Å². The Morgan fingerprint density at radius 2 is 0.767 bits per heavy atom. The lowest BCUT2D eigenvalue weighted by molar-refractivity contribution is 0.148. The number of phenolic OH excluding ortho intramolecular Hbond substituents is 1. The molecule has 0 saturated carbocycles. The molecule has 0 saturated heterocycles. The van der Waals surface area contributed by atoms with Gasteiger partial charge in [0.2, 0.25) is 0 Å². The summed E-state index contributed by atoms with van der Waals surface area (Å²) in [5.41, 5.74) is 4.24. The Morgan fingerprint density at radius 1 is 0.433 bits per heavy atom. The molecule has 0 bridgehead atoms. The van der Waals surface area contributed by atoms with E-state index < -0.39 is 0 Å². The van der Waals surface area contributed by atoms with Gasteiger partial charge in [0, 0.05) is 0 Å². The summed E-state index contributed by atoms with van der Waals surface area (Å²) in [6.07, 6.45) is 50.2. The smallest absolute Gasteiger partial charge is 0.143 e. The molecular formula is C56H97N3O. The van der Waals surface area contributed by atoms with Crippen molar-refractivity contribution in [3.05, 3.63) is 48.0 Å². The molecule has 0 spiro atoms. The van der Waals surface area contributed by atoms with Crippen molar-refractivity contribution in [2.45, 2.75) is 278 Å². The second-order valence-electron chi connectivity index (χ2n) is 19.8. The standard InChI is InChI=1S/C56H97N3O/c1-6-10-14-18-22-26-30-36-44-55(5,45-37-31-27-23-19-15-11-7-2)49-56(46-38-32-28-24-20-16-12-8-3,47-39-33-29-25-21-17-13-9-4)50-42-43-54(60)53(48-50)59-57-51-40-34-35-41-52(51)58-59/h34-35,40-43,48,60H,6-33,36-39,44-47,49H2,1-5H3. The highest BCUT2D eigenvalue weighted by Gasteiger charge is 2.39. The van der Waals surface area contributed by atoms with Crippen molar-refractivity contribution in [2.75, 3.05) is 0 Å². The van der Waals surface area contributed by atoms with Gasteiger partial charge in [0.15, 0.2) is 0 Å². The third-order valence-electron chi connectivity index (χ3n) is 14.1. The molecule has 60 heavy (non-hydrogen) atoms. The number of hydrogen-bond donors (Lipinski definition) is 1. The molecule has 1 N–H and O–H groups in total. The fraction of sp³-hybridized carbons (Fsp3) is 0.786. The third-order valence-corrected chi connectivity index (χ3v) is 14.1. The first-order valence-corrected chi connectivity index (χ1v) is 26.6. The lowest BCUT2D eigenvalue weighted by atomic mass is 9.61. The minimum absolute atomic E-state index is 0.0640. The molecule has 0 aliphatic rings. The number of hydrogen-bond acceptors (Lipinski definition) is 3. The summed E-state index contributed by atoms with van der Waals surface area (Å²) in [5, 5.41) is 21.2. The quantitative estimate of drug-likeness (QED) is 0.0581. The first-order chi connectivity index (χ1) is 29.4. The average Bonchev–Trinajstić information content (AvgIpc) is 3.69. The van der Waals surface area contributed by atoms with Crippen LogP contribution < -0.4 is 0 Å². The number of unbranched alkanes of at least 4 members (excludes halogenated alkanes) is 28. The van der Waals surface area contributed by atoms with Gasteiger partial charge in [-0.05, 0) is 72.8 Å². The molecule has 0 aliphatic heterocycles. The fourth-order valence-corrected chi connectivity index (χ4v) is 10.4. The van der Waals surface area contributed by atoms with Crippen molar-refractivity contribution in [2.24, 2.45) is 5.41 Å². The number of aromatic nitrogens is 3. The van der Waals surface area contributed by atoms with E-state index in [4.69, 9.17) is 10.2 Å². The predicted octanol–water partition coefficient (Wildman–Crippen LogP) is 18.9. The number of aromatic hydroxyl groups is 1. The number of phenols is 1. The van der Waals surface area contributed by atoms with E-state index in [0.29, 0.717) is 5.41 Å². The minimum Gasteiger partial charge on any atom is -0.506 e. The van der Waals surface area contributed by atoms with E-state index in [2.05, 4.69) is 46.8 Å². The Balaban J connectivity index is 1.95. The molecule has 342 valence electrons. The number of rotatable bonds is 40. The van der Waals surface area contributed by atoms with Gasteiger partial charge >= 0.3 is 0 Å². The van der Waals surface area contributed by atoms with Crippen LogP contribution in [0.4, 0.5) is 0 Å². The van der Waals surface area contributed by atoms with Gasteiger partial charge in [0.1, 0.15) is 22.5 Å². The van der Waals surface area contributed by atoms with Gasteiger partial charge in [-0.15, -0.1) is 15.0 Å². The first kappa shape index (κ1) is 52.0. The number of fused-ring (bicyclic) bond motifs is 1. The maximum Gasteiger partial charge on any atom is 0.143 e. The van der Waals surface area contributed by atoms with Crippen LogP contribution in [0.3, 0.4) is 0 Å². The largest absolute Gasteiger partial charge is 0.506 e. The maximum atomic E-state index is 11.4. The molecule has 0 aliphatic carbocycles. The summed E-state index contributed by atoms with van der Waals surface area (Å²) < 4.78 is 0. The van der Waals surface area contributed by atoms with Gasteiger partial charge in [0.05, 0.1) is 0 Å². The molecule has 0 fully saturated rings. The van der Waals surface area contributed by atoms with Crippen LogP contribution in [0.25, 0.3) is 16.7 Å². The third kappa shape index (κ3) is 20.7. The van der Waals surface area contributed by atoms with Gasteiger partial charge in [-0.3, -0.25) is 0 Å². The molecule has 1 aromatic heterocycles. The van der Waals surface area contributed by atoms with E-state index in [9.17, 15) is 5.11 Å². The number of nitrogens with zero attached hydrogens (tertiary/aromatic N) is 3. The van der Waals surface area contributed by atoms with Crippen LogP contribution in [0.1, 0.15) is 278 Å². The summed E-state index contributed by atoms with van der Waals surface area (Å²) >= 11 is 0.